The number of methoxy groups -OCH3 is 1. The van der Waals surface area contributed by atoms with Gasteiger partial charge in [0.2, 0.25) is 15.9 Å². The Morgan fingerprint density at radius 3 is 2.54 bits per heavy atom. The molecule has 1 fully saturated rings. The van der Waals surface area contributed by atoms with Crippen molar-refractivity contribution >= 4 is 27.3 Å². The number of carbonyl (C=O) groups excluding carboxylic acids is 1. The van der Waals surface area contributed by atoms with Crippen LogP contribution in [0, 0.1) is 13.8 Å². The molecule has 28 heavy (non-hydrogen) atoms. The summed E-state index contributed by atoms with van der Waals surface area (Å²) in [5.74, 6) is 0.356. The van der Waals surface area contributed by atoms with Gasteiger partial charge in [-0.15, -0.1) is 11.3 Å². The standard InChI is InChI=1S/C20H26N2O4S2/c1-14-11-18(26-3)19(12-15(14)2)28(24,25)22-8-6-16(7-9-22)21-20(23)13-17-5-4-10-27-17/h4-5,10-12,16H,6-9,13H2,1-3H3,(H,21,23). The number of rotatable bonds is 6. The minimum atomic E-state index is -3.64. The molecule has 1 aromatic heterocycles. The number of sulfonamides is 1. The SMILES string of the molecule is COc1cc(C)c(C)cc1S(=O)(=O)N1CCC(NC(=O)Cc2cccs2)CC1. The van der Waals surface area contributed by atoms with Crippen LogP contribution >= 0.6 is 11.3 Å². The first-order valence-corrected chi connectivity index (χ1v) is 11.6. The summed E-state index contributed by atoms with van der Waals surface area (Å²) in [6.45, 7) is 4.58. The van der Waals surface area contributed by atoms with E-state index < -0.39 is 10.0 Å². The normalized spacial score (nSPS) is 16.1. The minimum absolute atomic E-state index is 0.000520. The Morgan fingerprint density at radius 2 is 1.93 bits per heavy atom. The third-order valence-electron chi connectivity index (χ3n) is 5.13. The van der Waals surface area contributed by atoms with Gasteiger partial charge in [-0.3, -0.25) is 4.79 Å². The van der Waals surface area contributed by atoms with Gasteiger partial charge < -0.3 is 10.1 Å². The zero-order valence-corrected chi connectivity index (χ0v) is 18.0. The maximum Gasteiger partial charge on any atom is 0.246 e. The number of benzene rings is 1. The average Bonchev–Trinajstić information content (AvgIpc) is 3.16. The Morgan fingerprint density at radius 1 is 1.25 bits per heavy atom. The molecular formula is C20H26N2O4S2. The van der Waals surface area contributed by atoms with Crippen LogP contribution in [0.1, 0.15) is 28.8 Å². The van der Waals surface area contributed by atoms with Crippen molar-refractivity contribution in [1.29, 1.82) is 0 Å². The fraction of sp³-hybridized carbons (Fsp3) is 0.450. The smallest absolute Gasteiger partial charge is 0.246 e. The summed E-state index contributed by atoms with van der Waals surface area (Å²) in [6, 6.07) is 7.31. The van der Waals surface area contributed by atoms with E-state index in [4.69, 9.17) is 4.74 Å². The number of thiophene rings is 1. The van der Waals surface area contributed by atoms with Crippen LogP contribution in [0.25, 0.3) is 0 Å². The van der Waals surface area contributed by atoms with E-state index in [0.29, 0.717) is 38.1 Å². The fourth-order valence-corrected chi connectivity index (χ4v) is 5.75. The highest BCUT2D eigenvalue weighted by Crippen LogP contribution is 2.31. The summed E-state index contributed by atoms with van der Waals surface area (Å²) in [5, 5.41) is 4.98. The molecule has 0 aliphatic carbocycles. The molecule has 0 saturated carbocycles. The molecule has 2 aromatic rings. The van der Waals surface area contributed by atoms with E-state index in [2.05, 4.69) is 5.32 Å². The summed E-state index contributed by atoms with van der Waals surface area (Å²) in [7, 11) is -2.16. The predicted molar refractivity (Wildman–Crippen MR) is 110 cm³/mol. The largest absolute Gasteiger partial charge is 0.495 e. The summed E-state index contributed by atoms with van der Waals surface area (Å²) in [4.78, 5) is 13.4. The Balaban J connectivity index is 1.64. The van der Waals surface area contributed by atoms with Crippen molar-refractivity contribution in [3.8, 4) is 5.75 Å². The predicted octanol–water partition coefficient (Wildman–Crippen LogP) is 2.89. The molecule has 1 aromatic carbocycles. The lowest BCUT2D eigenvalue weighted by molar-refractivity contribution is -0.121. The van der Waals surface area contributed by atoms with Crippen LogP contribution < -0.4 is 10.1 Å². The molecule has 152 valence electrons. The van der Waals surface area contributed by atoms with Crippen LogP contribution in [0.15, 0.2) is 34.5 Å². The molecule has 8 heteroatoms. The number of hydrogen-bond donors (Lipinski definition) is 1. The lowest BCUT2D eigenvalue weighted by Crippen LogP contribution is -2.46. The van der Waals surface area contributed by atoms with Crippen LogP contribution in [-0.2, 0) is 21.2 Å². The van der Waals surface area contributed by atoms with Gasteiger partial charge in [0.05, 0.1) is 13.5 Å². The van der Waals surface area contributed by atoms with Gasteiger partial charge in [-0.05, 0) is 61.4 Å². The third-order valence-corrected chi connectivity index (χ3v) is 7.93. The highest BCUT2D eigenvalue weighted by Gasteiger charge is 2.32. The molecule has 0 atom stereocenters. The monoisotopic (exact) mass is 422 g/mol. The fourth-order valence-electron chi connectivity index (χ4n) is 3.35. The molecule has 1 N–H and O–H groups in total. The quantitative estimate of drug-likeness (QED) is 0.777. The Kier molecular flexibility index (Phi) is 6.42. The average molecular weight is 423 g/mol. The lowest BCUT2D eigenvalue weighted by atomic mass is 10.1. The molecule has 1 saturated heterocycles. The van der Waals surface area contributed by atoms with E-state index in [1.165, 1.54) is 11.4 Å². The van der Waals surface area contributed by atoms with Crippen molar-refractivity contribution in [3.63, 3.8) is 0 Å². The van der Waals surface area contributed by atoms with Crippen LogP contribution in [0.3, 0.4) is 0 Å². The summed E-state index contributed by atoms with van der Waals surface area (Å²) >= 11 is 1.56. The van der Waals surface area contributed by atoms with Gasteiger partial charge >= 0.3 is 0 Å². The molecule has 3 rings (SSSR count). The van der Waals surface area contributed by atoms with Crippen molar-refractivity contribution in [3.05, 3.63) is 45.6 Å². The molecule has 2 heterocycles. The van der Waals surface area contributed by atoms with E-state index in [9.17, 15) is 13.2 Å². The number of amides is 1. The van der Waals surface area contributed by atoms with Crippen LogP contribution in [0.5, 0.6) is 5.75 Å². The Bertz CT molecular complexity index is 931. The topological polar surface area (TPSA) is 75.7 Å². The number of nitrogens with one attached hydrogen (secondary N) is 1. The summed E-state index contributed by atoms with van der Waals surface area (Å²) < 4.78 is 33.1. The van der Waals surface area contributed by atoms with Crippen molar-refractivity contribution in [1.82, 2.24) is 9.62 Å². The van der Waals surface area contributed by atoms with E-state index >= 15 is 0 Å². The van der Waals surface area contributed by atoms with Gasteiger partial charge in [0.1, 0.15) is 10.6 Å². The van der Waals surface area contributed by atoms with E-state index in [1.807, 2.05) is 31.4 Å². The maximum atomic E-state index is 13.1. The zero-order valence-electron chi connectivity index (χ0n) is 16.4. The number of piperidine rings is 1. The summed E-state index contributed by atoms with van der Waals surface area (Å²) in [6.07, 6.45) is 1.57. The number of aryl methyl sites for hydroxylation is 2. The van der Waals surface area contributed by atoms with Gasteiger partial charge in [-0.25, -0.2) is 8.42 Å². The molecule has 0 unspecified atom stereocenters. The maximum absolute atomic E-state index is 13.1. The van der Waals surface area contributed by atoms with Gasteiger partial charge in [-0.1, -0.05) is 6.07 Å². The highest BCUT2D eigenvalue weighted by molar-refractivity contribution is 7.89. The number of nitrogens with zero attached hydrogens (tertiary/aromatic N) is 1. The van der Waals surface area contributed by atoms with Gasteiger partial charge in [-0.2, -0.15) is 4.31 Å². The first-order valence-electron chi connectivity index (χ1n) is 9.28. The van der Waals surface area contributed by atoms with Crippen LogP contribution in [0.4, 0.5) is 0 Å². The van der Waals surface area contributed by atoms with Crippen LogP contribution in [0.2, 0.25) is 0 Å². The molecule has 6 nitrogen and oxygen atoms in total. The molecule has 1 aliphatic heterocycles. The molecule has 0 radical (unpaired) electrons. The van der Waals surface area contributed by atoms with E-state index in [1.54, 1.807) is 23.5 Å². The molecule has 0 bridgehead atoms. The first-order chi connectivity index (χ1) is 13.3. The van der Waals surface area contributed by atoms with E-state index in [-0.39, 0.29) is 16.8 Å². The molecule has 1 amide bonds. The second-order valence-electron chi connectivity index (χ2n) is 7.09. The van der Waals surface area contributed by atoms with Crippen molar-refractivity contribution in [2.45, 2.75) is 44.0 Å². The van der Waals surface area contributed by atoms with Crippen LogP contribution in [-0.4, -0.2) is 44.9 Å². The number of ether oxygens (including phenoxy) is 1. The van der Waals surface area contributed by atoms with Gasteiger partial charge in [0, 0.05) is 24.0 Å². The van der Waals surface area contributed by atoms with Crippen molar-refractivity contribution < 1.29 is 17.9 Å². The molecular weight excluding hydrogens is 396 g/mol. The zero-order chi connectivity index (χ0) is 20.3. The second-order valence-corrected chi connectivity index (χ2v) is 10.0. The number of hydrogen-bond acceptors (Lipinski definition) is 5. The van der Waals surface area contributed by atoms with Crippen molar-refractivity contribution in [2.75, 3.05) is 20.2 Å². The second kappa shape index (κ2) is 8.63. The molecule has 1 aliphatic rings. The first kappa shape index (κ1) is 20.8. The lowest BCUT2D eigenvalue weighted by Gasteiger charge is -2.32. The Labute approximate surface area is 170 Å². The molecule has 0 spiro atoms. The third kappa shape index (κ3) is 4.56. The summed E-state index contributed by atoms with van der Waals surface area (Å²) in [5.41, 5.74) is 1.90. The highest BCUT2D eigenvalue weighted by atomic mass is 32.2. The van der Waals surface area contributed by atoms with Crippen molar-refractivity contribution in [2.24, 2.45) is 0 Å². The Hall–Kier alpha value is -1.90. The van der Waals surface area contributed by atoms with Gasteiger partial charge in [0.25, 0.3) is 0 Å². The minimum Gasteiger partial charge on any atom is -0.495 e. The van der Waals surface area contributed by atoms with Gasteiger partial charge in [0.15, 0.2) is 0 Å². The van der Waals surface area contributed by atoms with E-state index in [0.717, 1.165) is 16.0 Å². The number of carbonyl (C=O) groups is 1.